The van der Waals surface area contributed by atoms with Crippen molar-refractivity contribution in [2.24, 2.45) is 0 Å². The molecule has 0 radical (unpaired) electrons. The summed E-state index contributed by atoms with van der Waals surface area (Å²) < 4.78 is 0. The van der Waals surface area contributed by atoms with Gasteiger partial charge in [-0.1, -0.05) is 11.6 Å². The lowest BCUT2D eigenvalue weighted by Crippen LogP contribution is -2.44. The molecule has 1 saturated heterocycles. The number of rotatable bonds is 4. The predicted molar refractivity (Wildman–Crippen MR) is 82.7 cm³/mol. The average Bonchev–Trinajstić information content (AvgIpc) is 2.41. The minimum atomic E-state index is 0.298. The fourth-order valence-corrected chi connectivity index (χ4v) is 2.84. The van der Waals surface area contributed by atoms with Gasteiger partial charge in [-0.3, -0.25) is 0 Å². The number of hydrogen-bond donors (Lipinski definition) is 2. The molecule has 0 saturated carbocycles. The maximum atomic E-state index is 6.42. The minimum Gasteiger partial charge on any atom is -0.353 e. The highest BCUT2D eigenvalue weighted by atomic mass is 35.5. The molecule has 106 valence electrons. The normalized spacial score (nSPS) is 15.9. The number of anilines is 2. The molecule has 0 aromatic carbocycles. The van der Waals surface area contributed by atoms with Crippen LogP contribution in [0, 0.1) is 0 Å². The molecule has 0 unspecified atom stereocenters. The minimum absolute atomic E-state index is 0.298. The highest BCUT2D eigenvalue weighted by molar-refractivity contribution is 7.98. The SMILES string of the molecule is CSc1nc(NC(C)C)nc(N2CCNCC2)c1Cl. The van der Waals surface area contributed by atoms with Gasteiger partial charge < -0.3 is 15.5 Å². The van der Waals surface area contributed by atoms with Crippen molar-refractivity contribution in [1.29, 1.82) is 0 Å². The van der Waals surface area contributed by atoms with Gasteiger partial charge in [-0.15, -0.1) is 11.8 Å². The maximum absolute atomic E-state index is 6.42. The van der Waals surface area contributed by atoms with Gasteiger partial charge in [0.25, 0.3) is 0 Å². The first-order valence-electron chi connectivity index (χ1n) is 6.45. The Morgan fingerprint density at radius 3 is 2.58 bits per heavy atom. The van der Waals surface area contributed by atoms with Gasteiger partial charge in [0.05, 0.1) is 0 Å². The zero-order valence-electron chi connectivity index (χ0n) is 11.5. The van der Waals surface area contributed by atoms with Crippen LogP contribution in [0.15, 0.2) is 5.03 Å². The third-order valence-electron chi connectivity index (χ3n) is 2.83. The fraction of sp³-hybridized carbons (Fsp3) is 0.667. The van der Waals surface area contributed by atoms with Crippen molar-refractivity contribution >= 4 is 35.1 Å². The van der Waals surface area contributed by atoms with Crippen LogP contribution >= 0.6 is 23.4 Å². The number of hydrogen-bond acceptors (Lipinski definition) is 6. The molecular formula is C12H20ClN5S. The number of thioether (sulfide) groups is 1. The monoisotopic (exact) mass is 301 g/mol. The van der Waals surface area contributed by atoms with Crippen LogP contribution in [0.2, 0.25) is 5.02 Å². The zero-order valence-corrected chi connectivity index (χ0v) is 13.1. The largest absolute Gasteiger partial charge is 0.353 e. The summed E-state index contributed by atoms with van der Waals surface area (Å²) in [6, 6.07) is 0.298. The van der Waals surface area contributed by atoms with E-state index in [2.05, 4.69) is 39.3 Å². The Balaban J connectivity index is 2.33. The zero-order chi connectivity index (χ0) is 13.8. The van der Waals surface area contributed by atoms with Crippen LogP contribution in [-0.4, -0.2) is 48.4 Å². The molecule has 1 aromatic rings. The summed E-state index contributed by atoms with van der Waals surface area (Å²) in [4.78, 5) is 11.2. The Morgan fingerprint density at radius 2 is 2.00 bits per heavy atom. The summed E-state index contributed by atoms with van der Waals surface area (Å²) >= 11 is 7.96. The molecule has 0 atom stereocenters. The molecule has 2 N–H and O–H groups in total. The van der Waals surface area contributed by atoms with Crippen LogP contribution in [0.1, 0.15) is 13.8 Å². The lowest BCUT2D eigenvalue weighted by molar-refractivity contribution is 0.584. The van der Waals surface area contributed by atoms with E-state index in [1.165, 1.54) is 0 Å². The highest BCUT2D eigenvalue weighted by Gasteiger charge is 2.19. The van der Waals surface area contributed by atoms with E-state index in [1.54, 1.807) is 11.8 Å². The van der Waals surface area contributed by atoms with Gasteiger partial charge >= 0.3 is 0 Å². The molecule has 1 aliphatic heterocycles. The van der Waals surface area contributed by atoms with Crippen LogP contribution in [-0.2, 0) is 0 Å². The number of nitrogens with zero attached hydrogens (tertiary/aromatic N) is 3. The standard InChI is InChI=1S/C12H20ClN5S/c1-8(2)15-12-16-10(9(13)11(17-12)19-3)18-6-4-14-5-7-18/h8,14H,4-7H2,1-3H3,(H,15,16,17). The van der Waals surface area contributed by atoms with Crippen LogP contribution in [0.25, 0.3) is 0 Å². The van der Waals surface area contributed by atoms with E-state index in [-0.39, 0.29) is 0 Å². The summed E-state index contributed by atoms with van der Waals surface area (Å²) in [6.45, 7) is 7.91. The van der Waals surface area contributed by atoms with E-state index in [4.69, 9.17) is 11.6 Å². The first kappa shape index (κ1) is 14.7. The fourth-order valence-electron chi connectivity index (χ4n) is 1.96. The molecule has 0 spiro atoms. The number of halogens is 1. The average molecular weight is 302 g/mol. The van der Waals surface area contributed by atoms with Crippen LogP contribution < -0.4 is 15.5 Å². The second kappa shape index (κ2) is 6.63. The second-order valence-electron chi connectivity index (χ2n) is 4.73. The van der Waals surface area contributed by atoms with E-state index in [0.29, 0.717) is 17.0 Å². The third-order valence-corrected chi connectivity index (χ3v) is 3.97. The first-order valence-corrected chi connectivity index (χ1v) is 8.06. The van der Waals surface area contributed by atoms with E-state index in [1.807, 2.05) is 6.26 Å². The third kappa shape index (κ3) is 3.64. The van der Waals surface area contributed by atoms with Gasteiger partial charge in [-0.2, -0.15) is 4.98 Å². The number of aromatic nitrogens is 2. The van der Waals surface area contributed by atoms with Gasteiger partial charge in [0.15, 0.2) is 5.82 Å². The molecule has 1 fully saturated rings. The van der Waals surface area contributed by atoms with Crippen molar-refractivity contribution in [3.63, 3.8) is 0 Å². The van der Waals surface area contributed by atoms with Crippen molar-refractivity contribution in [2.45, 2.75) is 24.9 Å². The van der Waals surface area contributed by atoms with Gasteiger partial charge in [0.2, 0.25) is 5.95 Å². The summed E-state index contributed by atoms with van der Waals surface area (Å²) in [6.07, 6.45) is 1.98. The Morgan fingerprint density at radius 1 is 1.32 bits per heavy atom. The highest BCUT2D eigenvalue weighted by Crippen LogP contribution is 2.33. The summed E-state index contributed by atoms with van der Waals surface area (Å²) in [7, 11) is 0. The van der Waals surface area contributed by atoms with Crippen LogP contribution in [0.5, 0.6) is 0 Å². The molecule has 19 heavy (non-hydrogen) atoms. The Hall–Kier alpha value is -0.720. The van der Waals surface area contributed by atoms with E-state index < -0.39 is 0 Å². The molecule has 2 heterocycles. The van der Waals surface area contributed by atoms with E-state index in [9.17, 15) is 0 Å². The molecule has 0 amide bonds. The molecule has 0 bridgehead atoms. The molecule has 2 rings (SSSR count). The number of piperazine rings is 1. The van der Waals surface area contributed by atoms with Gasteiger partial charge in [-0.25, -0.2) is 4.98 Å². The van der Waals surface area contributed by atoms with Crippen molar-refractivity contribution in [2.75, 3.05) is 42.7 Å². The van der Waals surface area contributed by atoms with Gasteiger partial charge in [0.1, 0.15) is 10.0 Å². The molecule has 5 nitrogen and oxygen atoms in total. The predicted octanol–water partition coefficient (Wildman–Crippen LogP) is 2.08. The van der Waals surface area contributed by atoms with Gasteiger partial charge in [-0.05, 0) is 20.1 Å². The quantitative estimate of drug-likeness (QED) is 0.656. The van der Waals surface area contributed by atoms with Crippen molar-refractivity contribution in [3.8, 4) is 0 Å². The van der Waals surface area contributed by atoms with Crippen molar-refractivity contribution in [3.05, 3.63) is 5.02 Å². The van der Waals surface area contributed by atoms with Gasteiger partial charge in [0, 0.05) is 32.2 Å². The molecule has 1 aromatic heterocycles. The Labute approximate surface area is 123 Å². The second-order valence-corrected chi connectivity index (χ2v) is 5.90. The molecule has 7 heteroatoms. The Kier molecular flexibility index (Phi) is 5.13. The van der Waals surface area contributed by atoms with Crippen LogP contribution in [0.4, 0.5) is 11.8 Å². The Bertz CT molecular complexity index is 434. The van der Waals surface area contributed by atoms with E-state index in [0.717, 1.165) is 37.0 Å². The topological polar surface area (TPSA) is 53.1 Å². The molecular weight excluding hydrogens is 282 g/mol. The van der Waals surface area contributed by atoms with Crippen molar-refractivity contribution < 1.29 is 0 Å². The number of nitrogens with one attached hydrogen (secondary N) is 2. The lowest BCUT2D eigenvalue weighted by Gasteiger charge is -2.29. The first-order chi connectivity index (χ1) is 9.11. The van der Waals surface area contributed by atoms with E-state index >= 15 is 0 Å². The van der Waals surface area contributed by atoms with Crippen LogP contribution in [0.3, 0.4) is 0 Å². The summed E-state index contributed by atoms with van der Waals surface area (Å²) in [5.41, 5.74) is 0. The van der Waals surface area contributed by atoms with Crippen molar-refractivity contribution in [1.82, 2.24) is 15.3 Å². The summed E-state index contributed by atoms with van der Waals surface area (Å²) in [5, 5.41) is 8.06. The lowest BCUT2D eigenvalue weighted by atomic mass is 10.3. The summed E-state index contributed by atoms with van der Waals surface area (Å²) in [5.74, 6) is 1.49. The molecule has 1 aliphatic rings. The smallest absolute Gasteiger partial charge is 0.226 e. The maximum Gasteiger partial charge on any atom is 0.226 e. The molecule has 0 aliphatic carbocycles.